The Bertz CT molecular complexity index is 2850. The Labute approximate surface area is 277 Å². The van der Waals surface area contributed by atoms with Crippen LogP contribution >= 0.6 is 0 Å². The molecule has 0 saturated heterocycles. The molecule has 2 nitrogen and oxygen atoms in total. The van der Waals surface area contributed by atoms with Crippen molar-refractivity contribution >= 4 is 82.1 Å². The van der Waals surface area contributed by atoms with Crippen molar-refractivity contribution in [1.29, 1.82) is 0 Å². The van der Waals surface area contributed by atoms with E-state index in [0.717, 1.165) is 44.4 Å². The van der Waals surface area contributed by atoms with Crippen LogP contribution in [0.3, 0.4) is 0 Å². The first-order chi connectivity index (χ1) is 23.8. The largest absolute Gasteiger partial charge is 0.456 e. The van der Waals surface area contributed by atoms with Crippen LogP contribution in [0.5, 0.6) is 0 Å². The standard InChI is InChI=1S/C46H29NO/c1-2-11-30(12-3-1)36-15-6-8-18-42(36)47(43-19-10-14-33-28-41-39-17-7-9-20-44(39)48-45(41)29-40(33)43)35-25-26-38-34(27-35)24-23-32-22-21-31-13-4-5-16-37(31)46(32)38/h1-29H. The van der Waals surface area contributed by atoms with Crippen LogP contribution in [-0.4, -0.2) is 0 Å². The highest BCUT2D eigenvalue weighted by Gasteiger charge is 2.21. The average Bonchev–Trinajstić information content (AvgIpc) is 3.52. The number of furan rings is 1. The van der Waals surface area contributed by atoms with E-state index in [4.69, 9.17) is 4.42 Å². The number of benzene rings is 9. The van der Waals surface area contributed by atoms with E-state index in [2.05, 4.69) is 169 Å². The second-order valence-electron chi connectivity index (χ2n) is 12.5. The summed E-state index contributed by atoms with van der Waals surface area (Å²) in [6.07, 6.45) is 0. The third-order valence-corrected chi connectivity index (χ3v) is 9.79. The highest BCUT2D eigenvalue weighted by Crippen LogP contribution is 2.46. The first-order valence-electron chi connectivity index (χ1n) is 16.4. The number of rotatable bonds is 4. The minimum atomic E-state index is 0.893. The normalized spacial score (nSPS) is 11.8. The van der Waals surface area contributed by atoms with Gasteiger partial charge in [-0.3, -0.25) is 0 Å². The van der Waals surface area contributed by atoms with Crippen molar-refractivity contribution in [1.82, 2.24) is 0 Å². The van der Waals surface area contributed by atoms with Gasteiger partial charge in [-0.25, -0.2) is 0 Å². The van der Waals surface area contributed by atoms with Gasteiger partial charge in [0.25, 0.3) is 0 Å². The molecule has 48 heavy (non-hydrogen) atoms. The van der Waals surface area contributed by atoms with Gasteiger partial charge in [-0.2, -0.15) is 0 Å². The average molecular weight is 612 g/mol. The van der Waals surface area contributed by atoms with Crippen molar-refractivity contribution in [2.75, 3.05) is 4.90 Å². The van der Waals surface area contributed by atoms with Crippen molar-refractivity contribution in [3.8, 4) is 11.1 Å². The molecule has 224 valence electrons. The predicted molar refractivity (Wildman–Crippen MR) is 204 cm³/mol. The van der Waals surface area contributed by atoms with Crippen LogP contribution in [-0.2, 0) is 0 Å². The van der Waals surface area contributed by atoms with Crippen LogP contribution < -0.4 is 4.90 Å². The molecule has 0 N–H and O–H groups in total. The maximum Gasteiger partial charge on any atom is 0.136 e. The number of hydrogen-bond acceptors (Lipinski definition) is 2. The summed E-state index contributed by atoms with van der Waals surface area (Å²) in [6, 6.07) is 63.4. The Hall–Kier alpha value is -6.38. The fourth-order valence-corrected chi connectivity index (χ4v) is 7.58. The quantitative estimate of drug-likeness (QED) is 0.184. The monoisotopic (exact) mass is 611 g/mol. The van der Waals surface area contributed by atoms with E-state index in [0.29, 0.717) is 0 Å². The zero-order valence-electron chi connectivity index (χ0n) is 26.1. The van der Waals surface area contributed by atoms with Crippen LogP contribution in [0.25, 0.3) is 76.2 Å². The minimum Gasteiger partial charge on any atom is -0.456 e. The van der Waals surface area contributed by atoms with Crippen molar-refractivity contribution in [2.45, 2.75) is 0 Å². The molecule has 2 heteroatoms. The van der Waals surface area contributed by atoms with E-state index in [1.165, 1.54) is 48.8 Å². The SMILES string of the molecule is c1ccc(-c2ccccc2N(c2ccc3c(ccc4ccc5ccccc5c43)c2)c2cccc3cc4c(cc23)oc2ccccc24)cc1. The minimum absolute atomic E-state index is 0.893. The molecule has 9 aromatic carbocycles. The van der Waals surface area contributed by atoms with Crippen molar-refractivity contribution in [2.24, 2.45) is 0 Å². The second-order valence-corrected chi connectivity index (χ2v) is 12.5. The molecular formula is C46H29NO. The van der Waals surface area contributed by atoms with E-state index in [1.54, 1.807) is 0 Å². The summed E-state index contributed by atoms with van der Waals surface area (Å²) >= 11 is 0. The van der Waals surface area contributed by atoms with Crippen LogP contribution in [0, 0.1) is 0 Å². The first-order valence-corrected chi connectivity index (χ1v) is 16.4. The Morgan fingerprint density at radius 3 is 1.94 bits per heavy atom. The Morgan fingerprint density at radius 1 is 0.354 bits per heavy atom. The van der Waals surface area contributed by atoms with Gasteiger partial charge in [0.15, 0.2) is 0 Å². The first kappa shape index (κ1) is 26.8. The lowest BCUT2D eigenvalue weighted by atomic mass is 9.95. The summed E-state index contributed by atoms with van der Waals surface area (Å²) in [7, 11) is 0. The number of hydrogen-bond donors (Lipinski definition) is 0. The van der Waals surface area contributed by atoms with Gasteiger partial charge in [-0.05, 0) is 85.7 Å². The highest BCUT2D eigenvalue weighted by molar-refractivity contribution is 6.21. The molecule has 0 atom stereocenters. The Morgan fingerprint density at radius 2 is 1.02 bits per heavy atom. The van der Waals surface area contributed by atoms with Gasteiger partial charge in [0.1, 0.15) is 11.2 Å². The van der Waals surface area contributed by atoms with Crippen LogP contribution in [0.2, 0.25) is 0 Å². The van der Waals surface area contributed by atoms with E-state index < -0.39 is 0 Å². The summed E-state index contributed by atoms with van der Waals surface area (Å²) in [6.45, 7) is 0. The van der Waals surface area contributed by atoms with E-state index >= 15 is 0 Å². The molecule has 0 aliphatic heterocycles. The molecule has 0 aliphatic carbocycles. The van der Waals surface area contributed by atoms with Crippen molar-refractivity contribution < 1.29 is 4.42 Å². The highest BCUT2D eigenvalue weighted by atomic mass is 16.3. The topological polar surface area (TPSA) is 16.4 Å². The molecule has 0 bridgehead atoms. The zero-order valence-corrected chi connectivity index (χ0v) is 26.1. The third kappa shape index (κ3) is 4.13. The molecule has 0 amide bonds. The van der Waals surface area contributed by atoms with Crippen LogP contribution in [0.15, 0.2) is 180 Å². The smallest absolute Gasteiger partial charge is 0.136 e. The third-order valence-electron chi connectivity index (χ3n) is 9.79. The lowest BCUT2D eigenvalue weighted by Gasteiger charge is -2.29. The molecule has 1 heterocycles. The molecule has 1 aromatic heterocycles. The number of anilines is 3. The van der Waals surface area contributed by atoms with E-state index in [-0.39, 0.29) is 0 Å². The lowest BCUT2D eigenvalue weighted by molar-refractivity contribution is 0.669. The predicted octanol–water partition coefficient (Wildman–Crippen LogP) is 13.3. The van der Waals surface area contributed by atoms with E-state index in [1.807, 2.05) is 12.1 Å². The van der Waals surface area contributed by atoms with Crippen LogP contribution in [0.4, 0.5) is 17.1 Å². The van der Waals surface area contributed by atoms with Gasteiger partial charge in [0.05, 0.1) is 11.4 Å². The van der Waals surface area contributed by atoms with Gasteiger partial charge in [0.2, 0.25) is 0 Å². The van der Waals surface area contributed by atoms with Crippen LogP contribution in [0.1, 0.15) is 0 Å². The molecule has 0 unspecified atom stereocenters. The molecule has 0 fully saturated rings. The summed E-state index contributed by atoms with van der Waals surface area (Å²) in [5.74, 6) is 0. The van der Waals surface area contributed by atoms with Gasteiger partial charge < -0.3 is 9.32 Å². The molecule has 0 radical (unpaired) electrons. The van der Waals surface area contributed by atoms with E-state index in [9.17, 15) is 0 Å². The second kappa shape index (κ2) is 10.6. The number of nitrogens with zero attached hydrogens (tertiary/aromatic N) is 1. The maximum absolute atomic E-state index is 6.41. The molecule has 0 saturated carbocycles. The molecule has 0 spiro atoms. The fraction of sp³-hybridized carbons (Fsp3) is 0. The Balaban J connectivity index is 1.26. The number of para-hydroxylation sites is 2. The summed E-state index contributed by atoms with van der Waals surface area (Å²) in [5, 5.41) is 12.1. The lowest BCUT2D eigenvalue weighted by Crippen LogP contribution is -2.11. The Kier molecular flexibility index (Phi) is 5.91. The molecular weight excluding hydrogens is 583 g/mol. The molecule has 10 aromatic rings. The van der Waals surface area contributed by atoms with Gasteiger partial charge in [-0.1, -0.05) is 133 Å². The summed E-state index contributed by atoms with van der Waals surface area (Å²) in [5.41, 5.74) is 7.47. The van der Waals surface area contributed by atoms with Crippen molar-refractivity contribution in [3.63, 3.8) is 0 Å². The molecule has 0 aliphatic rings. The van der Waals surface area contributed by atoms with Crippen molar-refractivity contribution in [3.05, 3.63) is 176 Å². The fourth-order valence-electron chi connectivity index (χ4n) is 7.58. The van der Waals surface area contributed by atoms with Gasteiger partial charge in [0, 0.05) is 27.4 Å². The number of fused-ring (bicyclic) bond motifs is 9. The molecule has 10 rings (SSSR count). The maximum atomic E-state index is 6.41. The summed E-state index contributed by atoms with van der Waals surface area (Å²) in [4.78, 5) is 2.42. The van der Waals surface area contributed by atoms with Gasteiger partial charge >= 0.3 is 0 Å². The summed E-state index contributed by atoms with van der Waals surface area (Å²) < 4.78 is 6.41. The zero-order chi connectivity index (χ0) is 31.6. The van der Waals surface area contributed by atoms with Gasteiger partial charge in [-0.15, -0.1) is 0 Å².